The van der Waals surface area contributed by atoms with E-state index in [-0.39, 0.29) is 17.1 Å². The highest BCUT2D eigenvalue weighted by atomic mass is 35.5. The Hall–Kier alpha value is -1.68. The Morgan fingerprint density at radius 2 is 2.29 bits per heavy atom. The first-order valence-corrected chi connectivity index (χ1v) is 5.42. The van der Waals surface area contributed by atoms with Crippen molar-refractivity contribution in [2.75, 3.05) is 6.61 Å². The molecule has 0 atom stereocenters. The molecule has 1 heterocycles. The number of hydrogen-bond donors (Lipinski definition) is 0. The number of halogens is 2. The fourth-order valence-corrected chi connectivity index (χ4v) is 1.62. The van der Waals surface area contributed by atoms with Crippen molar-refractivity contribution in [2.24, 2.45) is 0 Å². The van der Waals surface area contributed by atoms with Crippen LogP contribution in [0.1, 0.15) is 17.3 Å². The predicted octanol–water partition coefficient (Wildman–Crippen LogP) is 3.20. The van der Waals surface area contributed by atoms with Crippen LogP contribution in [0.4, 0.5) is 4.39 Å². The summed E-state index contributed by atoms with van der Waals surface area (Å²) in [5, 5.41) is 0.520. The van der Waals surface area contributed by atoms with Crippen LogP contribution in [0.5, 0.6) is 0 Å². The number of ether oxygens (including phenoxy) is 1. The third kappa shape index (κ3) is 2.22. The van der Waals surface area contributed by atoms with Gasteiger partial charge in [-0.15, -0.1) is 0 Å². The normalized spacial score (nSPS) is 10.5. The lowest BCUT2D eigenvalue weighted by atomic mass is 10.1. The fourth-order valence-electron chi connectivity index (χ4n) is 1.47. The molecule has 0 unspecified atom stereocenters. The smallest absolute Gasteiger partial charge is 0.339 e. The number of nitrogens with zero attached hydrogens (tertiary/aromatic N) is 1. The van der Waals surface area contributed by atoms with Crippen LogP contribution in [0.15, 0.2) is 24.4 Å². The van der Waals surface area contributed by atoms with Crippen molar-refractivity contribution in [3.8, 4) is 0 Å². The summed E-state index contributed by atoms with van der Waals surface area (Å²) in [6, 6.07) is 4.56. The first-order valence-electron chi connectivity index (χ1n) is 5.04. The molecule has 0 aliphatic heterocycles. The number of carbonyl (C=O) groups is 1. The average molecular weight is 254 g/mol. The van der Waals surface area contributed by atoms with E-state index in [1.54, 1.807) is 13.0 Å². The summed E-state index contributed by atoms with van der Waals surface area (Å²) < 4.78 is 18.4. The van der Waals surface area contributed by atoms with E-state index < -0.39 is 11.8 Å². The number of hydrogen-bond acceptors (Lipinski definition) is 3. The third-order valence-corrected chi connectivity index (χ3v) is 2.55. The maximum atomic E-state index is 13.6. The molecule has 0 bridgehead atoms. The van der Waals surface area contributed by atoms with Gasteiger partial charge in [0.05, 0.1) is 17.2 Å². The topological polar surface area (TPSA) is 39.2 Å². The SMILES string of the molecule is CCOC(=O)c1cnc2c(F)c(Cl)ccc2c1. The first-order chi connectivity index (χ1) is 8.13. The van der Waals surface area contributed by atoms with E-state index in [9.17, 15) is 9.18 Å². The van der Waals surface area contributed by atoms with Crippen LogP contribution < -0.4 is 0 Å². The van der Waals surface area contributed by atoms with Gasteiger partial charge in [-0.25, -0.2) is 9.18 Å². The van der Waals surface area contributed by atoms with Gasteiger partial charge in [0.2, 0.25) is 0 Å². The zero-order valence-corrected chi connectivity index (χ0v) is 9.79. The van der Waals surface area contributed by atoms with Crippen molar-refractivity contribution in [1.82, 2.24) is 4.98 Å². The summed E-state index contributed by atoms with van der Waals surface area (Å²) in [4.78, 5) is 15.3. The van der Waals surface area contributed by atoms with Crippen molar-refractivity contribution >= 4 is 28.5 Å². The number of carbonyl (C=O) groups excluding carboxylic acids is 1. The molecule has 0 spiro atoms. The van der Waals surface area contributed by atoms with Gasteiger partial charge < -0.3 is 4.74 Å². The molecule has 0 aliphatic carbocycles. The van der Waals surface area contributed by atoms with Crippen molar-refractivity contribution in [3.63, 3.8) is 0 Å². The predicted molar refractivity (Wildman–Crippen MR) is 62.7 cm³/mol. The Bertz CT molecular complexity index is 586. The molecule has 3 nitrogen and oxygen atoms in total. The minimum atomic E-state index is -0.584. The van der Waals surface area contributed by atoms with Gasteiger partial charge in [-0.3, -0.25) is 4.98 Å². The quantitative estimate of drug-likeness (QED) is 0.772. The van der Waals surface area contributed by atoms with Gasteiger partial charge in [0.15, 0.2) is 5.82 Å². The van der Waals surface area contributed by atoms with Gasteiger partial charge in [-0.05, 0) is 19.1 Å². The van der Waals surface area contributed by atoms with Crippen LogP contribution in [0.3, 0.4) is 0 Å². The van der Waals surface area contributed by atoms with Crippen molar-refractivity contribution in [2.45, 2.75) is 6.92 Å². The number of pyridine rings is 1. The summed E-state index contributed by atoms with van der Waals surface area (Å²) in [5.74, 6) is -1.06. The van der Waals surface area contributed by atoms with E-state index in [0.29, 0.717) is 10.9 Å². The molecule has 2 aromatic rings. The number of benzene rings is 1. The second-order valence-corrected chi connectivity index (χ2v) is 3.78. The molecule has 0 saturated carbocycles. The molecule has 0 aliphatic rings. The molecule has 0 amide bonds. The number of aromatic nitrogens is 1. The summed E-state index contributed by atoms with van der Waals surface area (Å²) >= 11 is 5.63. The van der Waals surface area contributed by atoms with E-state index in [2.05, 4.69) is 4.98 Å². The Morgan fingerprint density at radius 3 is 3.00 bits per heavy atom. The standard InChI is InChI=1S/C12H9ClFNO2/c1-2-17-12(16)8-5-7-3-4-9(13)10(14)11(7)15-6-8/h3-6H,2H2,1H3. The Kier molecular flexibility index (Phi) is 3.24. The fraction of sp³-hybridized carbons (Fsp3) is 0.167. The summed E-state index contributed by atoms with van der Waals surface area (Å²) in [7, 11) is 0. The zero-order valence-electron chi connectivity index (χ0n) is 9.04. The lowest BCUT2D eigenvalue weighted by molar-refractivity contribution is 0.0526. The molecule has 0 N–H and O–H groups in total. The maximum absolute atomic E-state index is 13.6. The number of esters is 1. The monoisotopic (exact) mass is 253 g/mol. The van der Waals surface area contributed by atoms with Crippen LogP contribution in [-0.4, -0.2) is 17.6 Å². The first kappa shape index (κ1) is 11.8. The Balaban J connectivity index is 2.52. The van der Waals surface area contributed by atoms with Gasteiger partial charge >= 0.3 is 5.97 Å². The van der Waals surface area contributed by atoms with Crippen molar-refractivity contribution < 1.29 is 13.9 Å². The molecule has 1 aromatic carbocycles. The van der Waals surface area contributed by atoms with Gasteiger partial charge in [-0.1, -0.05) is 17.7 Å². The van der Waals surface area contributed by atoms with Gasteiger partial charge in [0.25, 0.3) is 0 Å². The second kappa shape index (κ2) is 4.67. The van der Waals surface area contributed by atoms with E-state index in [1.165, 1.54) is 18.3 Å². The second-order valence-electron chi connectivity index (χ2n) is 3.38. The molecule has 2 rings (SSSR count). The Labute approximate surface area is 102 Å². The minimum Gasteiger partial charge on any atom is -0.462 e. The molecular formula is C12H9ClFNO2. The zero-order chi connectivity index (χ0) is 12.4. The largest absolute Gasteiger partial charge is 0.462 e. The Morgan fingerprint density at radius 1 is 1.53 bits per heavy atom. The van der Waals surface area contributed by atoms with E-state index in [0.717, 1.165) is 0 Å². The number of rotatable bonds is 2. The summed E-state index contributed by atoms with van der Waals surface area (Å²) in [6.45, 7) is 2.00. The van der Waals surface area contributed by atoms with Crippen LogP contribution in [0.2, 0.25) is 5.02 Å². The van der Waals surface area contributed by atoms with Crippen LogP contribution in [0, 0.1) is 5.82 Å². The van der Waals surface area contributed by atoms with Crippen LogP contribution >= 0.6 is 11.6 Å². The van der Waals surface area contributed by atoms with Crippen LogP contribution in [0.25, 0.3) is 10.9 Å². The van der Waals surface area contributed by atoms with Gasteiger partial charge in [0.1, 0.15) is 5.52 Å². The summed E-state index contributed by atoms with van der Waals surface area (Å²) in [6.07, 6.45) is 1.28. The highest BCUT2D eigenvalue weighted by Crippen LogP contribution is 2.23. The lowest BCUT2D eigenvalue weighted by Gasteiger charge is -2.04. The lowest BCUT2D eigenvalue weighted by Crippen LogP contribution is -2.05. The van der Waals surface area contributed by atoms with E-state index in [1.807, 2.05) is 0 Å². The van der Waals surface area contributed by atoms with Gasteiger partial charge in [-0.2, -0.15) is 0 Å². The highest BCUT2D eigenvalue weighted by Gasteiger charge is 2.11. The third-order valence-electron chi connectivity index (χ3n) is 2.26. The molecule has 0 saturated heterocycles. The summed E-state index contributed by atoms with van der Waals surface area (Å²) in [5.41, 5.74) is 0.437. The minimum absolute atomic E-state index is 0.00823. The van der Waals surface area contributed by atoms with E-state index in [4.69, 9.17) is 16.3 Å². The molecule has 0 radical (unpaired) electrons. The molecule has 5 heteroatoms. The van der Waals surface area contributed by atoms with Crippen molar-refractivity contribution in [1.29, 1.82) is 0 Å². The molecule has 0 fully saturated rings. The van der Waals surface area contributed by atoms with Crippen LogP contribution in [-0.2, 0) is 4.74 Å². The molecule has 17 heavy (non-hydrogen) atoms. The molecular weight excluding hydrogens is 245 g/mol. The number of fused-ring (bicyclic) bond motifs is 1. The average Bonchev–Trinajstić information content (AvgIpc) is 2.34. The highest BCUT2D eigenvalue weighted by molar-refractivity contribution is 6.31. The maximum Gasteiger partial charge on any atom is 0.339 e. The van der Waals surface area contributed by atoms with Gasteiger partial charge in [0, 0.05) is 11.6 Å². The molecule has 88 valence electrons. The van der Waals surface area contributed by atoms with E-state index >= 15 is 0 Å². The van der Waals surface area contributed by atoms with Crippen molar-refractivity contribution in [3.05, 3.63) is 40.8 Å². The molecule has 1 aromatic heterocycles.